The number of carbonyl (C=O) groups excluding carboxylic acids is 1. The van der Waals surface area contributed by atoms with Crippen LogP contribution in [0.2, 0.25) is 0 Å². The highest BCUT2D eigenvalue weighted by Crippen LogP contribution is 2.13. The first-order valence-corrected chi connectivity index (χ1v) is 10.8. The van der Waals surface area contributed by atoms with Gasteiger partial charge in [0, 0.05) is 26.2 Å². The van der Waals surface area contributed by atoms with E-state index >= 15 is 0 Å². The molecule has 1 aliphatic heterocycles. The van der Waals surface area contributed by atoms with Crippen LogP contribution in [-0.4, -0.2) is 70.4 Å². The molecule has 1 amide bonds. The van der Waals surface area contributed by atoms with Crippen molar-refractivity contribution in [2.24, 2.45) is 0 Å². The molecule has 0 N–H and O–H groups in total. The van der Waals surface area contributed by atoms with Gasteiger partial charge in [0.25, 0.3) is 11.5 Å². The van der Waals surface area contributed by atoms with Gasteiger partial charge >= 0.3 is 5.69 Å². The first-order chi connectivity index (χ1) is 15.9. The lowest BCUT2D eigenvalue weighted by molar-refractivity contribution is 0.0652. The first kappa shape index (κ1) is 22.5. The van der Waals surface area contributed by atoms with Gasteiger partial charge in [-0.2, -0.15) is 9.78 Å². The van der Waals surface area contributed by atoms with Crippen molar-refractivity contribution in [3.8, 4) is 11.4 Å². The number of likely N-dealkylation sites (N-methyl/N-ethyl adjacent to an activating group) is 1. The molecule has 33 heavy (non-hydrogen) atoms. The number of hydrogen-bond acceptors (Lipinski definition) is 6. The third-order valence-electron chi connectivity index (χ3n) is 5.83. The maximum atomic E-state index is 13.3. The number of aryl methyl sites for hydroxylation is 1. The highest BCUT2D eigenvalue weighted by molar-refractivity contribution is 5.92. The Morgan fingerprint density at radius 3 is 2.21 bits per heavy atom. The Morgan fingerprint density at radius 2 is 1.61 bits per heavy atom. The van der Waals surface area contributed by atoms with E-state index in [-0.39, 0.29) is 12.2 Å². The fourth-order valence-corrected chi connectivity index (χ4v) is 3.72. The Labute approximate surface area is 191 Å². The van der Waals surface area contributed by atoms with Crippen molar-refractivity contribution in [2.45, 2.75) is 13.5 Å². The third-order valence-corrected chi connectivity index (χ3v) is 5.83. The van der Waals surface area contributed by atoms with Gasteiger partial charge in [-0.1, -0.05) is 29.8 Å². The highest BCUT2D eigenvalue weighted by Gasteiger charge is 2.27. The van der Waals surface area contributed by atoms with E-state index in [1.807, 2.05) is 38.2 Å². The van der Waals surface area contributed by atoms with Crippen molar-refractivity contribution in [3.63, 3.8) is 0 Å². The number of hydrogen-bond donors (Lipinski definition) is 0. The maximum Gasteiger partial charge on any atom is 0.352 e. The quantitative estimate of drug-likeness (QED) is 0.581. The summed E-state index contributed by atoms with van der Waals surface area (Å²) in [5, 5.41) is 4.23. The Bertz CT molecular complexity index is 1250. The van der Waals surface area contributed by atoms with E-state index in [0.29, 0.717) is 37.6 Å². The fraction of sp³-hybridized carbons (Fsp3) is 0.333. The minimum absolute atomic E-state index is 0.0413. The van der Waals surface area contributed by atoms with Gasteiger partial charge in [-0.3, -0.25) is 14.2 Å². The molecule has 2 aromatic carbocycles. The predicted octanol–water partition coefficient (Wildman–Crippen LogP) is 1.15. The van der Waals surface area contributed by atoms with Crippen molar-refractivity contribution >= 4 is 5.91 Å². The molecule has 0 unspecified atom stereocenters. The normalized spacial score (nSPS) is 14.3. The number of amides is 1. The van der Waals surface area contributed by atoms with E-state index < -0.39 is 17.2 Å². The van der Waals surface area contributed by atoms with Crippen LogP contribution in [0.1, 0.15) is 21.6 Å². The van der Waals surface area contributed by atoms with Crippen molar-refractivity contribution in [1.82, 2.24) is 24.1 Å². The SMILES string of the molecule is COc1ccc(-n2nc(C(=O)N3CCN(C)CC3)c(=O)n(Cc3ccc(C)cc3)c2=O)cc1. The minimum atomic E-state index is -0.686. The standard InChI is InChI=1S/C24H27N5O4/c1-17-4-6-18(7-5-17)16-28-23(31)21(22(30)27-14-12-26(2)13-15-27)25-29(24(28)32)19-8-10-20(33-3)11-9-19/h4-11H,12-16H2,1-3H3. The third kappa shape index (κ3) is 4.73. The van der Waals surface area contributed by atoms with E-state index in [2.05, 4.69) is 10.00 Å². The molecular weight excluding hydrogens is 422 g/mol. The number of piperazine rings is 1. The summed E-state index contributed by atoms with van der Waals surface area (Å²) in [5.41, 5.74) is 0.732. The molecule has 9 nitrogen and oxygen atoms in total. The summed E-state index contributed by atoms with van der Waals surface area (Å²) in [6.07, 6.45) is 0. The molecule has 3 aromatic rings. The van der Waals surface area contributed by atoms with Crippen LogP contribution >= 0.6 is 0 Å². The van der Waals surface area contributed by atoms with Gasteiger partial charge in [0.05, 0.1) is 19.3 Å². The Balaban J connectivity index is 1.82. The molecule has 1 aromatic heterocycles. The van der Waals surface area contributed by atoms with Gasteiger partial charge in [-0.15, -0.1) is 0 Å². The summed E-state index contributed by atoms with van der Waals surface area (Å²) in [6, 6.07) is 14.3. The summed E-state index contributed by atoms with van der Waals surface area (Å²) in [6.45, 7) is 4.42. The zero-order chi connectivity index (χ0) is 23.5. The average molecular weight is 450 g/mol. The number of methoxy groups -OCH3 is 1. The lowest BCUT2D eigenvalue weighted by Crippen LogP contribution is -2.51. The van der Waals surface area contributed by atoms with Crippen LogP contribution in [-0.2, 0) is 6.54 Å². The van der Waals surface area contributed by atoms with Crippen LogP contribution in [0.25, 0.3) is 5.69 Å². The van der Waals surface area contributed by atoms with Crippen LogP contribution in [0.3, 0.4) is 0 Å². The van der Waals surface area contributed by atoms with E-state index in [4.69, 9.17) is 4.74 Å². The van der Waals surface area contributed by atoms with Gasteiger partial charge in [-0.25, -0.2) is 4.79 Å². The number of ether oxygens (including phenoxy) is 1. The fourth-order valence-electron chi connectivity index (χ4n) is 3.72. The van der Waals surface area contributed by atoms with E-state index in [9.17, 15) is 14.4 Å². The average Bonchev–Trinajstić information content (AvgIpc) is 2.83. The van der Waals surface area contributed by atoms with Gasteiger partial charge in [-0.05, 0) is 43.8 Å². The van der Waals surface area contributed by atoms with Gasteiger partial charge < -0.3 is 14.5 Å². The molecule has 0 atom stereocenters. The zero-order valence-corrected chi connectivity index (χ0v) is 19.0. The molecule has 0 radical (unpaired) electrons. The molecule has 2 heterocycles. The smallest absolute Gasteiger partial charge is 0.352 e. The summed E-state index contributed by atoms with van der Waals surface area (Å²) < 4.78 is 7.37. The Morgan fingerprint density at radius 1 is 0.970 bits per heavy atom. The van der Waals surface area contributed by atoms with Crippen molar-refractivity contribution in [2.75, 3.05) is 40.3 Å². The molecule has 0 bridgehead atoms. The largest absolute Gasteiger partial charge is 0.497 e. The summed E-state index contributed by atoms with van der Waals surface area (Å²) >= 11 is 0. The second-order valence-electron chi connectivity index (χ2n) is 8.21. The highest BCUT2D eigenvalue weighted by atomic mass is 16.5. The van der Waals surface area contributed by atoms with E-state index in [1.54, 1.807) is 36.3 Å². The molecule has 9 heteroatoms. The summed E-state index contributed by atoms with van der Waals surface area (Å²) in [5.74, 6) is 0.154. The molecule has 0 saturated carbocycles. The molecule has 0 spiro atoms. The number of rotatable bonds is 5. The lowest BCUT2D eigenvalue weighted by atomic mass is 10.1. The molecule has 172 valence electrons. The van der Waals surface area contributed by atoms with Crippen LogP contribution < -0.4 is 16.0 Å². The van der Waals surface area contributed by atoms with Gasteiger partial charge in [0.1, 0.15) is 5.75 Å². The number of nitrogens with zero attached hydrogens (tertiary/aromatic N) is 5. The molecular formula is C24H27N5O4. The summed E-state index contributed by atoms with van der Waals surface area (Å²) in [4.78, 5) is 43.6. The monoisotopic (exact) mass is 449 g/mol. The zero-order valence-electron chi connectivity index (χ0n) is 19.0. The van der Waals surface area contributed by atoms with Crippen LogP contribution in [0.4, 0.5) is 0 Å². The van der Waals surface area contributed by atoms with Crippen LogP contribution in [0.15, 0.2) is 58.1 Å². The van der Waals surface area contributed by atoms with Gasteiger partial charge in [0.15, 0.2) is 0 Å². The molecule has 1 aliphatic rings. The molecule has 1 fully saturated rings. The van der Waals surface area contributed by atoms with Crippen molar-refractivity contribution < 1.29 is 9.53 Å². The number of aromatic nitrogens is 3. The minimum Gasteiger partial charge on any atom is -0.497 e. The predicted molar refractivity (Wildman–Crippen MR) is 124 cm³/mol. The van der Waals surface area contributed by atoms with Crippen LogP contribution in [0, 0.1) is 6.92 Å². The van der Waals surface area contributed by atoms with E-state index in [1.165, 1.54) is 0 Å². The Hall–Kier alpha value is -3.72. The van der Waals surface area contributed by atoms with Crippen molar-refractivity contribution in [3.05, 3.63) is 86.2 Å². The van der Waals surface area contributed by atoms with Crippen LogP contribution in [0.5, 0.6) is 5.75 Å². The summed E-state index contributed by atoms with van der Waals surface area (Å²) in [7, 11) is 3.53. The number of carbonyl (C=O) groups is 1. The van der Waals surface area contributed by atoms with E-state index in [0.717, 1.165) is 20.4 Å². The van der Waals surface area contributed by atoms with Gasteiger partial charge in [0.2, 0.25) is 5.69 Å². The second-order valence-corrected chi connectivity index (χ2v) is 8.21. The Kier molecular flexibility index (Phi) is 6.41. The first-order valence-electron chi connectivity index (χ1n) is 10.8. The van der Waals surface area contributed by atoms with Crippen molar-refractivity contribution in [1.29, 1.82) is 0 Å². The lowest BCUT2D eigenvalue weighted by Gasteiger charge is -2.32. The maximum absolute atomic E-state index is 13.3. The molecule has 1 saturated heterocycles. The second kappa shape index (κ2) is 9.41. The molecule has 0 aliphatic carbocycles. The molecule has 4 rings (SSSR count). The number of benzene rings is 2. The topological polar surface area (TPSA) is 89.7 Å².